The first-order valence-corrected chi connectivity index (χ1v) is 4.50. The average molecular weight is 183 g/mol. The van der Waals surface area contributed by atoms with E-state index in [2.05, 4.69) is 11.6 Å². The van der Waals surface area contributed by atoms with Crippen molar-refractivity contribution in [1.82, 2.24) is 4.98 Å². The van der Waals surface area contributed by atoms with Gasteiger partial charge in [-0.05, 0) is 6.08 Å². The molecule has 0 bridgehead atoms. The van der Waals surface area contributed by atoms with E-state index in [1.807, 2.05) is 0 Å². The van der Waals surface area contributed by atoms with Gasteiger partial charge in [-0.1, -0.05) is 6.58 Å². The van der Waals surface area contributed by atoms with Gasteiger partial charge in [-0.15, -0.1) is 11.3 Å². The molecule has 2 unspecified atom stereocenters. The van der Waals surface area contributed by atoms with Crippen molar-refractivity contribution in [2.75, 3.05) is 6.61 Å². The molecule has 64 valence electrons. The molecule has 2 heterocycles. The number of rotatable bonds is 3. The van der Waals surface area contributed by atoms with Crippen LogP contribution in [-0.2, 0) is 4.74 Å². The Morgan fingerprint density at radius 1 is 1.92 bits per heavy atom. The van der Waals surface area contributed by atoms with Crippen molar-refractivity contribution >= 4 is 17.4 Å². The predicted molar refractivity (Wildman–Crippen MR) is 46.9 cm³/mol. The van der Waals surface area contributed by atoms with Gasteiger partial charge in [-0.3, -0.25) is 0 Å². The Kier molecular flexibility index (Phi) is 1.96. The summed E-state index contributed by atoms with van der Waals surface area (Å²) in [6.07, 6.45) is 2.84. The van der Waals surface area contributed by atoms with E-state index in [0.717, 1.165) is 9.88 Å². The van der Waals surface area contributed by atoms with Crippen molar-refractivity contribution in [1.29, 1.82) is 0 Å². The van der Waals surface area contributed by atoms with Crippen LogP contribution in [0, 0.1) is 0 Å². The molecule has 1 aromatic heterocycles. The maximum Gasteiger partial charge on any atom is 0.118 e. The van der Waals surface area contributed by atoms with Crippen LogP contribution in [0.25, 0.3) is 6.08 Å². The number of thiazole rings is 1. The number of aliphatic hydroxyl groups excluding tert-OH is 1. The summed E-state index contributed by atoms with van der Waals surface area (Å²) in [7, 11) is 0. The molecule has 1 N–H and O–H groups in total. The van der Waals surface area contributed by atoms with Gasteiger partial charge in [-0.2, -0.15) is 0 Å². The maximum atomic E-state index is 9.58. The standard InChI is InChI=1S/C8H9NO2S/c1-2-7-9-3-6(12-7)8(10)5-4-11-5/h2-3,5,8,10H,1,4H2. The van der Waals surface area contributed by atoms with Crippen LogP contribution in [0.4, 0.5) is 0 Å². The summed E-state index contributed by atoms with van der Waals surface area (Å²) in [6, 6.07) is 0. The van der Waals surface area contributed by atoms with Gasteiger partial charge in [0.05, 0.1) is 11.5 Å². The molecule has 1 aliphatic rings. The molecule has 0 amide bonds. The Morgan fingerprint density at radius 2 is 2.67 bits per heavy atom. The van der Waals surface area contributed by atoms with Crippen LogP contribution >= 0.6 is 11.3 Å². The lowest BCUT2D eigenvalue weighted by Crippen LogP contribution is -2.01. The lowest BCUT2D eigenvalue weighted by molar-refractivity contribution is 0.140. The zero-order valence-corrected chi connectivity index (χ0v) is 7.25. The maximum absolute atomic E-state index is 9.58. The zero-order chi connectivity index (χ0) is 8.55. The summed E-state index contributed by atoms with van der Waals surface area (Å²) in [5.74, 6) is 0. The van der Waals surface area contributed by atoms with Crippen LogP contribution in [0.1, 0.15) is 16.0 Å². The molecule has 3 nitrogen and oxygen atoms in total. The quantitative estimate of drug-likeness (QED) is 0.716. The number of aromatic nitrogens is 1. The Balaban J connectivity index is 2.15. The molecular formula is C8H9NO2S. The molecular weight excluding hydrogens is 174 g/mol. The number of ether oxygens (including phenoxy) is 1. The molecule has 4 heteroatoms. The second-order valence-electron chi connectivity index (χ2n) is 2.62. The molecule has 0 aliphatic carbocycles. The van der Waals surface area contributed by atoms with Crippen molar-refractivity contribution in [3.05, 3.63) is 22.7 Å². The summed E-state index contributed by atoms with van der Waals surface area (Å²) in [6.45, 7) is 4.25. The molecule has 2 rings (SSSR count). The van der Waals surface area contributed by atoms with Gasteiger partial charge in [-0.25, -0.2) is 4.98 Å². The minimum absolute atomic E-state index is 0.0110. The van der Waals surface area contributed by atoms with Crippen molar-refractivity contribution in [2.24, 2.45) is 0 Å². The van der Waals surface area contributed by atoms with E-state index in [1.165, 1.54) is 11.3 Å². The monoisotopic (exact) mass is 183 g/mol. The van der Waals surface area contributed by atoms with Crippen molar-refractivity contribution < 1.29 is 9.84 Å². The highest BCUT2D eigenvalue weighted by atomic mass is 32.1. The van der Waals surface area contributed by atoms with Gasteiger partial charge >= 0.3 is 0 Å². The lowest BCUT2D eigenvalue weighted by atomic mass is 10.2. The minimum atomic E-state index is -0.504. The number of nitrogens with zero attached hydrogens (tertiary/aromatic N) is 1. The summed E-state index contributed by atoms with van der Waals surface area (Å²) < 4.78 is 4.97. The van der Waals surface area contributed by atoms with Gasteiger partial charge in [0, 0.05) is 6.20 Å². The smallest absolute Gasteiger partial charge is 0.118 e. The Bertz CT molecular complexity index is 293. The predicted octanol–water partition coefficient (Wildman–Crippen LogP) is 1.22. The Labute approximate surface area is 74.3 Å². The summed E-state index contributed by atoms with van der Waals surface area (Å²) in [5.41, 5.74) is 0. The molecule has 1 aliphatic heterocycles. The molecule has 0 aromatic carbocycles. The molecule has 12 heavy (non-hydrogen) atoms. The fourth-order valence-corrected chi connectivity index (χ4v) is 1.76. The first kappa shape index (κ1) is 7.91. The van der Waals surface area contributed by atoms with Crippen molar-refractivity contribution in [3.63, 3.8) is 0 Å². The van der Waals surface area contributed by atoms with Gasteiger partial charge in [0.2, 0.25) is 0 Å². The molecule has 0 radical (unpaired) electrons. The van der Waals surface area contributed by atoms with E-state index in [1.54, 1.807) is 12.3 Å². The zero-order valence-electron chi connectivity index (χ0n) is 6.43. The van der Waals surface area contributed by atoms with E-state index in [-0.39, 0.29) is 6.10 Å². The fourth-order valence-electron chi connectivity index (χ4n) is 0.953. The Hall–Kier alpha value is -0.710. The van der Waals surface area contributed by atoms with E-state index >= 15 is 0 Å². The van der Waals surface area contributed by atoms with Crippen LogP contribution in [-0.4, -0.2) is 22.8 Å². The number of epoxide rings is 1. The van der Waals surface area contributed by atoms with Crippen LogP contribution in [0.5, 0.6) is 0 Å². The van der Waals surface area contributed by atoms with Gasteiger partial charge in [0.15, 0.2) is 0 Å². The second kappa shape index (κ2) is 2.97. The van der Waals surface area contributed by atoms with E-state index in [0.29, 0.717) is 6.61 Å². The van der Waals surface area contributed by atoms with E-state index in [4.69, 9.17) is 4.74 Å². The third-order valence-corrected chi connectivity index (χ3v) is 2.78. The summed E-state index contributed by atoms with van der Waals surface area (Å²) in [5, 5.41) is 10.4. The minimum Gasteiger partial charge on any atom is -0.385 e. The number of hydrogen-bond acceptors (Lipinski definition) is 4. The highest BCUT2D eigenvalue weighted by Crippen LogP contribution is 2.30. The van der Waals surface area contributed by atoms with E-state index in [9.17, 15) is 5.11 Å². The van der Waals surface area contributed by atoms with Gasteiger partial charge < -0.3 is 9.84 Å². The van der Waals surface area contributed by atoms with Crippen molar-refractivity contribution in [3.8, 4) is 0 Å². The highest BCUT2D eigenvalue weighted by molar-refractivity contribution is 7.12. The third-order valence-electron chi connectivity index (χ3n) is 1.72. The topological polar surface area (TPSA) is 45.7 Å². The first-order valence-electron chi connectivity index (χ1n) is 3.69. The first-order chi connectivity index (χ1) is 5.81. The highest BCUT2D eigenvalue weighted by Gasteiger charge is 2.33. The van der Waals surface area contributed by atoms with Crippen LogP contribution in [0.2, 0.25) is 0 Å². The molecule has 0 saturated carbocycles. The number of hydrogen-bond donors (Lipinski definition) is 1. The lowest BCUT2D eigenvalue weighted by Gasteiger charge is -2.00. The molecule has 1 fully saturated rings. The largest absolute Gasteiger partial charge is 0.385 e. The fraction of sp³-hybridized carbons (Fsp3) is 0.375. The molecule has 1 saturated heterocycles. The third kappa shape index (κ3) is 1.41. The second-order valence-corrected chi connectivity index (χ2v) is 3.72. The van der Waals surface area contributed by atoms with Crippen LogP contribution < -0.4 is 0 Å². The van der Waals surface area contributed by atoms with Crippen molar-refractivity contribution in [2.45, 2.75) is 12.2 Å². The van der Waals surface area contributed by atoms with E-state index < -0.39 is 6.10 Å². The van der Waals surface area contributed by atoms with Gasteiger partial charge in [0.25, 0.3) is 0 Å². The van der Waals surface area contributed by atoms with Crippen LogP contribution in [0.3, 0.4) is 0 Å². The summed E-state index contributed by atoms with van der Waals surface area (Å²) in [4.78, 5) is 4.90. The normalized spacial score (nSPS) is 23.6. The SMILES string of the molecule is C=Cc1ncc(C(O)C2CO2)s1. The molecule has 0 spiro atoms. The average Bonchev–Trinajstić information content (AvgIpc) is 2.82. The Morgan fingerprint density at radius 3 is 3.17 bits per heavy atom. The molecule has 2 atom stereocenters. The van der Waals surface area contributed by atoms with Gasteiger partial charge in [0.1, 0.15) is 17.2 Å². The number of aliphatic hydroxyl groups is 1. The summed E-state index contributed by atoms with van der Waals surface area (Å²) >= 11 is 1.45. The van der Waals surface area contributed by atoms with Crippen LogP contribution in [0.15, 0.2) is 12.8 Å². The molecule has 1 aromatic rings.